The first kappa shape index (κ1) is 18.3. The zero-order valence-corrected chi connectivity index (χ0v) is 16.1. The number of hydrogen-bond donors (Lipinski definition) is 2. The van der Waals surface area contributed by atoms with Crippen molar-refractivity contribution in [2.24, 2.45) is 11.8 Å². The molecule has 1 aliphatic heterocycles. The number of likely N-dealkylation sites (tertiary alicyclic amines) is 1. The molecule has 2 atom stereocenters. The van der Waals surface area contributed by atoms with E-state index in [4.69, 9.17) is 0 Å². The van der Waals surface area contributed by atoms with Gasteiger partial charge in [-0.2, -0.15) is 0 Å². The summed E-state index contributed by atoms with van der Waals surface area (Å²) in [6.07, 6.45) is 9.12. The van der Waals surface area contributed by atoms with E-state index in [-0.39, 0.29) is 23.5 Å². The van der Waals surface area contributed by atoms with Crippen molar-refractivity contribution >= 4 is 11.9 Å². The third kappa shape index (κ3) is 4.25. The van der Waals surface area contributed by atoms with Crippen LogP contribution in [0.3, 0.4) is 0 Å². The van der Waals surface area contributed by atoms with Crippen molar-refractivity contribution < 1.29 is 9.59 Å². The van der Waals surface area contributed by atoms with E-state index < -0.39 is 0 Å². The van der Waals surface area contributed by atoms with E-state index >= 15 is 0 Å². The van der Waals surface area contributed by atoms with E-state index in [9.17, 15) is 9.59 Å². The number of nitrogens with zero attached hydrogens (tertiary/aromatic N) is 2. The highest BCUT2D eigenvalue weighted by molar-refractivity contribution is 5.92. The number of aromatic nitrogens is 1. The lowest BCUT2D eigenvalue weighted by molar-refractivity contribution is 0.0701. The van der Waals surface area contributed by atoms with Crippen molar-refractivity contribution in [2.45, 2.75) is 63.5 Å². The number of carbonyl (C=O) groups is 2. The Morgan fingerprint density at radius 1 is 1.26 bits per heavy atom. The Labute approximate surface area is 161 Å². The van der Waals surface area contributed by atoms with Gasteiger partial charge < -0.3 is 15.5 Å². The number of urea groups is 1. The number of rotatable bonds is 5. The fraction of sp³-hybridized carbons (Fsp3) is 0.667. The van der Waals surface area contributed by atoms with Gasteiger partial charge in [-0.3, -0.25) is 9.78 Å². The molecule has 1 saturated heterocycles. The topological polar surface area (TPSA) is 74.3 Å². The van der Waals surface area contributed by atoms with Gasteiger partial charge in [-0.1, -0.05) is 13.0 Å². The lowest BCUT2D eigenvalue weighted by Crippen LogP contribution is -2.58. The van der Waals surface area contributed by atoms with E-state index in [1.165, 1.54) is 12.8 Å². The Bertz CT molecular complexity index is 681. The Morgan fingerprint density at radius 3 is 2.56 bits per heavy atom. The molecule has 0 spiro atoms. The van der Waals surface area contributed by atoms with Crippen LogP contribution in [0.1, 0.15) is 62.4 Å². The molecule has 146 valence electrons. The molecule has 0 radical (unpaired) electrons. The summed E-state index contributed by atoms with van der Waals surface area (Å²) >= 11 is 0. The number of amides is 3. The van der Waals surface area contributed by atoms with Crippen LogP contribution in [0.2, 0.25) is 0 Å². The predicted molar refractivity (Wildman–Crippen MR) is 103 cm³/mol. The molecule has 2 heterocycles. The van der Waals surface area contributed by atoms with Crippen molar-refractivity contribution in [3.8, 4) is 0 Å². The van der Waals surface area contributed by atoms with Crippen molar-refractivity contribution in [3.63, 3.8) is 0 Å². The number of pyridine rings is 1. The van der Waals surface area contributed by atoms with Crippen molar-refractivity contribution in [1.29, 1.82) is 0 Å². The molecule has 1 aromatic heterocycles. The van der Waals surface area contributed by atoms with Gasteiger partial charge in [-0.25, -0.2) is 4.79 Å². The molecule has 27 heavy (non-hydrogen) atoms. The van der Waals surface area contributed by atoms with Gasteiger partial charge in [0.25, 0.3) is 5.91 Å². The Kier molecular flexibility index (Phi) is 5.06. The Hall–Kier alpha value is -2.11. The van der Waals surface area contributed by atoms with Gasteiger partial charge in [0.05, 0.1) is 0 Å². The van der Waals surface area contributed by atoms with Crippen molar-refractivity contribution in [3.05, 3.63) is 30.1 Å². The summed E-state index contributed by atoms with van der Waals surface area (Å²) in [5.41, 5.74) is 0.526. The van der Waals surface area contributed by atoms with Gasteiger partial charge in [0.15, 0.2) is 0 Å². The lowest BCUT2D eigenvalue weighted by Gasteiger charge is -2.43. The molecule has 0 aromatic carbocycles. The number of nitrogens with one attached hydrogen (secondary N) is 2. The van der Waals surface area contributed by atoms with E-state index in [0.29, 0.717) is 18.8 Å². The van der Waals surface area contributed by atoms with Crippen LogP contribution in [-0.4, -0.2) is 46.5 Å². The molecular weight excluding hydrogens is 340 g/mol. The zero-order valence-electron chi connectivity index (χ0n) is 16.1. The third-order valence-corrected chi connectivity index (χ3v) is 6.62. The maximum Gasteiger partial charge on any atom is 0.315 e. The molecular formula is C21H30N4O2. The van der Waals surface area contributed by atoms with Gasteiger partial charge in [0.1, 0.15) is 5.69 Å². The summed E-state index contributed by atoms with van der Waals surface area (Å²) in [6, 6.07) is 5.49. The van der Waals surface area contributed by atoms with E-state index in [0.717, 1.165) is 43.9 Å². The van der Waals surface area contributed by atoms with Gasteiger partial charge in [-0.15, -0.1) is 0 Å². The summed E-state index contributed by atoms with van der Waals surface area (Å²) < 4.78 is 0. The molecule has 6 heteroatoms. The number of hydrogen-bond acceptors (Lipinski definition) is 3. The molecule has 2 N–H and O–H groups in total. The minimum Gasteiger partial charge on any atom is -0.337 e. The quantitative estimate of drug-likeness (QED) is 0.837. The van der Waals surface area contributed by atoms with Crippen LogP contribution in [0.5, 0.6) is 0 Å². The zero-order chi connectivity index (χ0) is 18.9. The van der Waals surface area contributed by atoms with Crippen LogP contribution in [0, 0.1) is 11.8 Å². The molecule has 3 aliphatic rings. The van der Waals surface area contributed by atoms with Gasteiger partial charge in [0.2, 0.25) is 0 Å². The summed E-state index contributed by atoms with van der Waals surface area (Å²) in [4.78, 5) is 31.0. The van der Waals surface area contributed by atoms with Gasteiger partial charge in [0, 0.05) is 30.9 Å². The van der Waals surface area contributed by atoms with E-state index in [2.05, 4.69) is 22.5 Å². The molecule has 2 saturated carbocycles. The molecule has 3 fully saturated rings. The maximum atomic E-state index is 12.5. The fourth-order valence-electron chi connectivity index (χ4n) is 4.51. The second-order valence-corrected chi connectivity index (χ2v) is 8.69. The molecule has 1 aromatic rings. The average molecular weight is 370 g/mol. The Balaban J connectivity index is 1.23. The molecule has 1 unspecified atom stereocenters. The van der Waals surface area contributed by atoms with Crippen LogP contribution < -0.4 is 10.6 Å². The predicted octanol–water partition coefficient (Wildman–Crippen LogP) is 2.95. The number of piperidine rings is 1. The maximum absolute atomic E-state index is 12.5. The highest BCUT2D eigenvalue weighted by Crippen LogP contribution is 2.48. The molecule has 3 amide bonds. The fourth-order valence-corrected chi connectivity index (χ4v) is 4.51. The van der Waals surface area contributed by atoms with Crippen LogP contribution in [0.25, 0.3) is 0 Å². The molecule has 4 rings (SSSR count). The van der Waals surface area contributed by atoms with Crippen LogP contribution in [-0.2, 0) is 0 Å². The first-order valence-electron chi connectivity index (χ1n) is 10.3. The standard InChI is InChI=1S/C21H30N4O2/c1-15-13-16(15)14-21(8-4-9-21)24-20(27)23-17-6-11-25(12-7-17)19(26)18-5-2-3-10-22-18/h2-3,5,10,15-17H,4,6-9,11-14H2,1H3,(H2,23,24,27)/t15-,16?/m0/s1. The van der Waals surface area contributed by atoms with Gasteiger partial charge in [-0.05, 0) is 68.9 Å². The number of carbonyl (C=O) groups excluding carboxylic acids is 2. The second kappa shape index (κ2) is 7.49. The highest BCUT2D eigenvalue weighted by Gasteiger charge is 2.45. The summed E-state index contributed by atoms with van der Waals surface area (Å²) in [5.74, 6) is 1.60. The molecule has 0 bridgehead atoms. The summed E-state index contributed by atoms with van der Waals surface area (Å²) in [7, 11) is 0. The largest absolute Gasteiger partial charge is 0.337 e. The van der Waals surface area contributed by atoms with Crippen molar-refractivity contribution in [2.75, 3.05) is 13.1 Å². The van der Waals surface area contributed by atoms with Crippen molar-refractivity contribution in [1.82, 2.24) is 20.5 Å². The molecule has 2 aliphatic carbocycles. The lowest BCUT2D eigenvalue weighted by atomic mass is 9.73. The minimum atomic E-state index is -0.0301. The van der Waals surface area contributed by atoms with E-state index in [1.807, 2.05) is 17.0 Å². The Morgan fingerprint density at radius 2 is 2.00 bits per heavy atom. The normalized spacial score (nSPS) is 26.8. The van der Waals surface area contributed by atoms with Crippen LogP contribution in [0.4, 0.5) is 4.79 Å². The minimum absolute atomic E-state index is 0.0227. The van der Waals surface area contributed by atoms with E-state index in [1.54, 1.807) is 12.3 Å². The van der Waals surface area contributed by atoms with Crippen LogP contribution >= 0.6 is 0 Å². The molecule has 6 nitrogen and oxygen atoms in total. The first-order chi connectivity index (χ1) is 13.0. The average Bonchev–Trinajstić information content (AvgIpc) is 3.35. The third-order valence-electron chi connectivity index (χ3n) is 6.62. The highest BCUT2D eigenvalue weighted by atomic mass is 16.2. The monoisotopic (exact) mass is 370 g/mol. The smallest absolute Gasteiger partial charge is 0.315 e. The SMILES string of the molecule is C[C@H]1CC1CC1(NC(=O)NC2CCN(C(=O)c3ccccn3)CC2)CCC1. The van der Waals surface area contributed by atoms with Crippen LogP contribution in [0.15, 0.2) is 24.4 Å². The summed E-state index contributed by atoms with van der Waals surface area (Å²) in [5, 5.41) is 6.43. The first-order valence-corrected chi connectivity index (χ1v) is 10.3. The summed E-state index contributed by atoms with van der Waals surface area (Å²) in [6.45, 7) is 3.62. The van der Waals surface area contributed by atoms with Gasteiger partial charge >= 0.3 is 6.03 Å². The second-order valence-electron chi connectivity index (χ2n) is 8.69.